The molecule has 0 aromatic carbocycles. The van der Waals surface area contributed by atoms with Gasteiger partial charge in [-0.2, -0.15) is 4.98 Å². The molecule has 0 saturated carbocycles. The van der Waals surface area contributed by atoms with Crippen molar-refractivity contribution in [3.05, 3.63) is 11.5 Å². The Morgan fingerprint density at radius 1 is 1.73 bits per heavy atom. The molecule has 0 N–H and O–H groups in total. The minimum Gasteiger partial charge on any atom is -0.486 e. The Hall–Kier alpha value is -1.07. The molecule has 0 bridgehead atoms. The maximum absolute atomic E-state index is 5.73. The topological polar surface area (TPSA) is 47.5 Å². The maximum atomic E-state index is 5.73. The zero-order valence-corrected chi connectivity index (χ0v) is 9.36. The van der Waals surface area contributed by atoms with Crippen LogP contribution in [0.25, 0.3) is 0 Å². The van der Waals surface area contributed by atoms with Crippen LogP contribution in [0.1, 0.15) is 0 Å². The first kappa shape index (κ1) is 10.4. The predicted octanol–water partition coefficient (Wildman–Crippen LogP) is 0.974. The summed E-state index contributed by atoms with van der Waals surface area (Å²) in [6, 6.07) is 0.161. The summed E-state index contributed by atoms with van der Waals surface area (Å²) in [7, 11) is 3.60. The van der Waals surface area contributed by atoms with E-state index < -0.39 is 0 Å². The molecule has 5 nitrogen and oxygen atoms in total. The average Bonchev–Trinajstić information content (AvgIpc) is 2.23. The second-order valence-corrected chi connectivity index (χ2v) is 3.70. The van der Waals surface area contributed by atoms with Crippen LogP contribution >= 0.6 is 11.6 Å². The van der Waals surface area contributed by atoms with Crippen LogP contribution in [0.3, 0.4) is 0 Å². The molecule has 1 aliphatic heterocycles. The van der Waals surface area contributed by atoms with E-state index in [1.54, 1.807) is 13.3 Å². The normalized spacial score (nSPS) is 19.7. The van der Waals surface area contributed by atoms with Crippen molar-refractivity contribution in [2.24, 2.45) is 0 Å². The molecule has 0 spiro atoms. The molecule has 0 radical (unpaired) electrons. The molecule has 15 heavy (non-hydrogen) atoms. The third kappa shape index (κ3) is 1.98. The largest absolute Gasteiger partial charge is 0.486 e. The smallest absolute Gasteiger partial charge is 0.224 e. The molecule has 1 aliphatic rings. The molecule has 0 amide bonds. The average molecular weight is 230 g/mol. The van der Waals surface area contributed by atoms with E-state index in [1.165, 1.54) is 0 Å². The second-order valence-electron chi connectivity index (χ2n) is 3.36. The fourth-order valence-corrected chi connectivity index (χ4v) is 1.65. The first-order valence-corrected chi connectivity index (χ1v) is 4.97. The zero-order valence-electron chi connectivity index (χ0n) is 8.61. The Labute approximate surface area is 93.0 Å². The molecule has 0 fully saturated rings. The molecule has 2 heterocycles. The highest BCUT2D eigenvalue weighted by atomic mass is 35.5. The van der Waals surface area contributed by atoms with E-state index in [2.05, 4.69) is 9.97 Å². The van der Waals surface area contributed by atoms with E-state index in [9.17, 15) is 0 Å². The van der Waals surface area contributed by atoms with Crippen molar-refractivity contribution in [2.75, 3.05) is 32.3 Å². The van der Waals surface area contributed by atoms with Gasteiger partial charge in [-0.1, -0.05) is 0 Å². The lowest BCUT2D eigenvalue weighted by Gasteiger charge is -2.33. The second kappa shape index (κ2) is 4.20. The van der Waals surface area contributed by atoms with Gasteiger partial charge in [0.2, 0.25) is 5.28 Å². The van der Waals surface area contributed by atoms with Gasteiger partial charge in [-0.3, -0.25) is 0 Å². The van der Waals surface area contributed by atoms with Gasteiger partial charge in [0, 0.05) is 14.2 Å². The summed E-state index contributed by atoms with van der Waals surface area (Å²) in [4.78, 5) is 9.99. The van der Waals surface area contributed by atoms with Crippen molar-refractivity contribution in [1.29, 1.82) is 0 Å². The van der Waals surface area contributed by atoms with E-state index >= 15 is 0 Å². The van der Waals surface area contributed by atoms with Gasteiger partial charge in [0.1, 0.15) is 6.61 Å². The Bertz CT molecular complexity index is 361. The number of ether oxygens (including phenoxy) is 2. The van der Waals surface area contributed by atoms with Crippen LogP contribution in [0.4, 0.5) is 5.82 Å². The van der Waals surface area contributed by atoms with Crippen LogP contribution in [0.2, 0.25) is 5.28 Å². The van der Waals surface area contributed by atoms with E-state index in [0.717, 1.165) is 0 Å². The van der Waals surface area contributed by atoms with E-state index in [4.69, 9.17) is 21.1 Å². The lowest BCUT2D eigenvalue weighted by atomic mass is 10.2. The van der Waals surface area contributed by atoms with Crippen molar-refractivity contribution in [3.63, 3.8) is 0 Å². The molecule has 1 atom stereocenters. The molecule has 82 valence electrons. The Morgan fingerprint density at radius 2 is 2.53 bits per heavy atom. The molecule has 2 rings (SSSR count). The van der Waals surface area contributed by atoms with Crippen LogP contribution in [0.5, 0.6) is 5.75 Å². The third-order valence-corrected chi connectivity index (χ3v) is 2.56. The van der Waals surface area contributed by atoms with Crippen molar-refractivity contribution >= 4 is 17.4 Å². The van der Waals surface area contributed by atoms with Gasteiger partial charge in [-0.05, 0) is 11.6 Å². The SMILES string of the molecule is COC[C@H]1COc2cnc(Cl)nc2N1C. The number of hydrogen-bond acceptors (Lipinski definition) is 5. The minimum atomic E-state index is 0.161. The first-order valence-electron chi connectivity index (χ1n) is 4.59. The fraction of sp³-hybridized carbons (Fsp3) is 0.556. The van der Waals surface area contributed by atoms with Crippen molar-refractivity contribution in [2.45, 2.75) is 6.04 Å². The van der Waals surface area contributed by atoms with E-state index in [-0.39, 0.29) is 11.3 Å². The number of anilines is 1. The summed E-state index contributed by atoms with van der Waals surface area (Å²) in [6.45, 7) is 1.17. The zero-order chi connectivity index (χ0) is 10.8. The van der Waals surface area contributed by atoms with Crippen molar-refractivity contribution < 1.29 is 9.47 Å². The molecular formula is C9H12ClN3O2. The minimum absolute atomic E-state index is 0.161. The maximum Gasteiger partial charge on any atom is 0.224 e. The van der Waals surface area contributed by atoms with E-state index in [1.807, 2.05) is 11.9 Å². The molecule has 6 heteroatoms. The number of halogens is 1. The van der Waals surface area contributed by atoms with Gasteiger partial charge in [0.15, 0.2) is 11.6 Å². The van der Waals surface area contributed by atoms with Gasteiger partial charge in [-0.25, -0.2) is 4.98 Å². The highest BCUT2D eigenvalue weighted by molar-refractivity contribution is 6.28. The third-order valence-electron chi connectivity index (χ3n) is 2.38. The first-order chi connectivity index (χ1) is 7.22. The van der Waals surface area contributed by atoms with Gasteiger partial charge < -0.3 is 14.4 Å². The quantitative estimate of drug-likeness (QED) is 0.708. The van der Waals surface area contributed by atoms with Crippen molar-refractivity contribution in [3.8, 4) is 5.75 Å². The number of nitrogens with zero attached hydrogens (tertiary/aromatic N) is 3. The van der Waals surface area contributed by atoms with Crippen LogP contribution < -0.4 is 9.64 Å². The summed E-state index contributed by atoms with van der Waals surface area (Å²) >= 11 is 5.73. The highest BCUT2D eigenvalue weighted by Gasteiger charge is 2.26. The molecule has 1 aromatic rings. The lowest BCUT2D eigenvalue weighted by molar-refractivity contribution is 0.142. The number of fused-ring (bicyclic) bond motifs is 1. The molecule has 0 saturated heterocycles. The van der Waals surface area contributed by atoms with Gasteiger partial charge >= 0.3 is 0 Å². The van der Waals surface area contributed by atoms with Gasteiger partial charge in [-0.15, -0.1) is 0 Å². The highest BCUT2D eigenvalue weighted by Crippen LogP contribution is 2.30. The van der Waals surface area contributed by atoms with Crippen LogP contribution in [-0.4, -0.2) is 43.4 Å². The lowest BCUT2D eigenvalue weighted by Crippen LogP contribution is -2.43. The molecular weight excluding hydrogens is 218 g/mol. The van der Waals surface area contributed by atoms with Crippen LogP contribution in [0.15, 0.2) is 6.20 Å². The van der Waals surface area contributed by atoms with Gasteiger partial charge in [0.25, 0.3) is 0 Å². The number of hydrogen-bond donors (Lipinski definition) is 0. The Balaban J connectivity index is 2.28. The van der Waals surface area contributed by atoms with Crippen LogP contribution in [-0.2, 0) is 4.74 Å². The number of rotatable bonds is 2. The summed E-state index contributed by atoms with van der Waals surface area (Å²) in [6.07, 6.45) is 1.59. The number of methoxy groups -OCH3 is 1. The Morgan fingerprint density at radius 3 is 3.27 bits per heavy atom. The van der Waals surface area contributed by atoms with Crippen molar-refractivity contribution in [1.82, 2.24) is 9.97 Å². The summed E-state index contributed by atoms with van der Waals surface area (Å²) in [5, 5.41) is 0.224. The fourth-order valence-electron chi connectivity index (χ4n) is 1.52. The summed E-state index contributed by atoms with van der Waals surface area (Å²) < 4.78 is 10.6. The van der Waals surface area contributed by atoms with E-state index in [0.29, 0.717) is 24.8 Å². The Kier molecular flexibility index (Phi) is 2.93. The van der Waals surface area contributed by atoms with Crippen LogP contribution in [0, 0.1) is 0 Å². The summed E-state index contributed by atoms with van der Waals surface area (Å²) in [5.74, 6) is 1.37. The predicted molar refractivity (Wildman–Crippen MR) is 56.6 cm³/mol. The number of aromatic nitrogens is 2. The number of likely N-dealkylation sites (N-methyl/N-ethyl adjacent to an activating group) is 1. The summed E-state index contributed by atoms with van der Waals surface area (Å²) in [5.41, 5.74) is 0. The molecule has 0 aliphatic carbocycles. The molecule has 1 aromatic heterocycles. The molecule has 0 unspecified atom stereocenters. The standard InChI is InChI=1S/C9H12ClN3O2/c1-13-6(4-14-2)5-15-7-3-11-9(10)12-8(7)13/h3,6H,4-5H2,1-2H3/t6-/m0/s1. The van der Waals surface area contributed by atoms with Gasteiger partial charge in [0.05, 0.1) is 18.8 Å². The monoisotopic (exact) mass is 229 g/mol.